The Bertz CT molecular complexity index is 3270. The molecule has 2 heteroatoms. The van der Waals surface area contributed by atoms with Crippen LogP contribution in [0.4, 0.5) is 17.1 Å². The normalized spacial score (nSPS) is 18.8. The lowest BCUT2D eigenvalue weighted by molar-refractivity contribution is 0.445. The van der Waals surface area contributed by atoms with E-state index in [1.807, 2.05) is 0 Å². The fourth-order valence-corrected chi connectivity index (χ4v) is 12.3. The van der Waals surface area contributed by atoms with Gasteiger partial charge in [-0.05, 0) is 141 Å². The smallest absolute Gasteiger partial charge is 0.135 e. The van der Waals surface area contributed by atoms with Gasteiger partial charge < -0.3 is 9.32 Å². The Labute approximate surface area is 384 Å². The fraction of sp³-hybridized carbons (Fsp3) is 0.238. The second-order valence-corrected chi connectivity index (χ2v) is 20.0. The molecule has 1 saturated carbocycles. The van der Waals surface area contributed by atoms with Crippen LogP contribution in [0.5, 0.6) is 0 Å². The van der Waals surface area contributed by atoms with Crippen LogP contribution in [0.2, 0.25) is 0 Å². The van der Waals surface area contributed by atoms with Gasteiger partial charge in [0, 0.05) is 33.2 Å². The van der Waals surface area contributed by atoms with Crippen LogP contribution in [0.1, 0.15) is 100 Å². The van der Waals surface area contributed by atoms with Gasteiger partial charge in [-0.2, -0.15) is 0 Å². The van der Waals surface area contributed by atoms with Crippen LogP contribution in [0.15, 0.2) is 174 Å². The summed E-state index contributed by atoms with van der Waals surface area (Å²) in [5.41, 5.74) is 20.3. The van der Waals surface area contributed by atoms with Crippen molar-refractivity contribution in [1.82, 2.24) is 0 Å². The quantitative estimate of drug-likeness (QED) is 0.159. The summed E-state index contributed by atoms with van der Waals surface area (Å²) >= 11 is 0. The van der Waals surface area contributed by atoms with E-state index in [4.69, 9.17) is 4.42 Å². The standard InChI is InChI=1S/C63H57NO/c1-40-30-34-56-54(36-40)53-27-15-25-49(62(53)63(56,3)4)44-20-12-21-46(38-44)64(57-28-10-8-22-47(57)45-32-33-51-55-37-41(2)31-35-59(55)65-60(51)39-45)58-29-11-9-23-50(58)52-26-14-19-43-18-13-24-48(61(43)52)42-16-6-5-7-17-42/h8-15,18-35,38-42H,5-7,16-17,36-37H2,1-4H3. The molecule has 0 radical (unpaired) electrons. The van der Waals surface area contributed by atoms with Gasteiger partial charge in [0.1, 0.15) is 11.3 Å². The lowest BCUT2D eigenvalue weighted by Gasteiger charge is -2.31. The zero-order valence-electron chi connectivity index (χ0n) is 38.2. The monoisotopic (exact) mass is 843 g/mol. The first kappa shape index (κ1) is 39.9. The largest absolute Gasteiger partial charge is 0.456 e. The first-order chi connectivity index (χ1) is 31.8. The minimum absolute atomic E-state index is 0.102. The molecule has 1 heterocycles. The van der Waals surface area contributed by atoms with Crippen LogP contribution < -0.4 is 4.90 Å². The molecule has 0 saturated heterocycles. The third-order valence-electron chi connectivity index (χ3n) is 15.3. The number of rotatable bonds is 7. The predicted molar refractivity (Wildman–Crippen MR) is 275 cm³/mol. The molecule has 1 fully saturated rings. The second-order valence-electron chi connectivity index (χ2n) is 20.0. The molecule has 4 aliphatic rings. The summed E-state index contributed by atoms with van der Waals surface area (Å²) in [6.45, 7) is 9.48. The third-order valence-corrected chi connectivity index (χ3v) is 15.3. The average molecular weight is 844 g/mol. The summed E-state index contributed by atoms with van der Waals surface area (Å²) in [6.07, 6.45) is 17.8. The van der Waals surface area contributed by atoms with Crippen LogP contribution in [0.25, 0.3) is 66.8 Å². The first-order valence-electron chi connectivity index (χ1n) is 24.2. The maximum absolute atomic E-state index is 6.60. The Balaban J connectivity index is 1.07. The summed E-state index contributed by atoms with van der Waals surface area (Å²) in [7, 11) is 0. The summed E-state index contributed by atoms with van der Waals surface area (Å²) in [5, 5.41) is 3.93. The number of hydrogen-bond donors (Lipinski definition) is 0. The van der Waals surface area contributed by atoms with E-state index in [1.54, 1.807) is 0 Å². The maximum Gasteiger partial charge on any atom is 0.135 e. The molecule has 320 valence electrons. The number of allylic oxidation sites excluding steroid dienone is 5. The number of fused-ring (bicyclic) bond motifs is 6. The lowest BCUT2D eigenvalue weighted by atomic mass is 9.76. The summed E-state index contributed by atoms with van der Waals surface area (Å²) in [6, 6.07) is 55.3. The number of benzene rings is 7. The highest BCUT2D eigenvalue weighted by Crippen LogP contribution is 2.55. The molecule has 0 aliphatic heterocycles. The van der Waals surface area contributed by atoms with Crippen molar-refractivity contribution in [2.75, 3.05) is 4.90 Å². The minimum atomic E-state index is -0.102. The first-order valence-corrected chi connectivity index (χ1v) is 24.2. The van der Waals surface area contributed by atoms with Gasteiger partial charge in [0.05, 0.1) is 11.4 Å². The van der Waals surface area contributed by atoms with Gasteiger partial charge in [-0.3, -0.25) is 0 Å². The van der Waals surface area contributed by atoms with Crippen molar-refractivity contribution < 1.29 is 4.42 Å². The molecule has 8 aromatic rings. The SMILES string of the molecule is CC1C=CC2=C(C1)c1cccc(-c3cccc(N(c4ccccc4-c4ccc5c6c(oc5c4)C=CC(C)C6)c4ccccc4-c4cccc5cccc(C6CCCCC6)c45)c3)c1C2(C)C. The van der Waals surface area contributed by atoms with Crippen LogP contribution >= 0.6 is 0 Å². The van der Waals surface area contributed by atoms with Crippen molar-refractivity contribution in [2.45, 2.75) is 84.0 Å². The molecule has 65 heavy (non-hydrogen) atoms. The van der Waals surface area contributed by atoms with Crippen molar-refractivity contribution in [3.63, 3.8) is 0 Å². The third kappa shape index (κ3) is 6.67. The Kier molecular flexibility index (Phi) is 9.71. The van der Waals surface area contributed by atoms with E-state index in [1.165, 1.54) is 104 Å². The highest BCUT2D eigenvalue weighted by atomic mass is 16.3. The molecule has 0 N–H and O–H groups in total. The highest BCUT2D eigenvalue weighted by molar-refractivity contribution is 6.05. The van der Waals surface area contributed by atoms with Crippen molar-refractivity contribution in [3.05, 3.63) is 197 Å². The number of furan rings is 1. The maximum atomic E-state index is 6.60. The summed E-state index contributed by atoms with van der Waals surface area (Å²) in [5.74, 6) is 2.61. The van der Waals surface area contributed by atoms with Gasteiger partial charge in [0.25, 0.3) is 0 Å². The van der Waals surface area contributed by atoms with E-state index < -0.39 is 0 Å². The van der Waals surface area contributed by atoms with E-state index in [0.717, 1.165) is 52.4 Å². The topological polar surface area (TPSA) is 16.4 Å². The molecule has 2 unspecified atom stereocenters. The van der Waals surface area contributed by atoms with Gasteiger partial charge in [-0.15, -0.1) is 0 Å². The van der Waals surface area contributed by atoms with Crippen LogP contribution in [0, 0.1) is 11.8 Å². The number of para-hydroxylation sites is 2. The van der Waals surface area contributed by atoms with E-state index in [0.29, 0.717) is 17.8 Å². The molecule has 0 amide bonds. The average Bonchev–Trinajstić information content (AvgIpc) is 3.81. The Hall–Kier alpha value is -6.64. The highest BCUT2D eigenvalue weighted by Gasteiger charge is 2.40. The van der Waals surface area contributed by atoms with E-state index in [-0.39, 0.29) is 5.41 Å². The summed E-state index contributed by atoms with van der Waals surface area (Å²) in [4.78, 5) is 2.54. The molecule has 0 bridgehead atoms. The van der Waals surface area contributed by atoms with Crippen molar-refractivity contribution in [1.29, 1.82) is 0 Å². The van der Waals surface area contributed by atoms with Gasteiger partial charge >= 0.3 is 0 Å². The zero-order chi connectivity index (χ0) is 43.8. The van der Waals surface area contributed by atoms with Crippen molar-refractivity contribution >= 4 is 50.5 Å². The minimum Gasteiger partial charge on any atom is -0.456 e. The second kappa shape index (κ2) is 15.8. The molecule has 1 aromatic heterocycles. The molecule has 2 atom stereocenters. The van der Waals surface area contributed by atoms with E-state index >= 15 is 0 Å². The Morgan fingerprint density at radius 1 is 0.569 bits per heavy atom. The zero-order valence-corrected chi connectivity index (χ0v) is 38.2. The van der Waals surface area contributed by atoms with Crippen molar-refractivity contribution in [2.24, 2.45) is 11.8 Å². The number of anilines is 3. The molecule has 0 spiro atoms. The molecule has 7 aromatic carbocycles. The Morgan fingerprint density at radius 2 is 1.23 bits per heavy atom. The predicted octanol–water partition coefficient (Wildman–Crippen LogP) is 18.0. The molecule has 4 aliphatic carbocycles. The van der Waals surface area contributed by atoms with E-state index in [2.05, 4.69) is 202 Å². The van der Waals surface area contributed by atoms with Gasteiger partial charge in [-0.25, -0.2) is 0 Å². The van der Waals surface area contributed by atoms with Gasteiger partial charge in [0.15, 0.2) is 0 Å². The number of nitrogens with zero attached hydrogens (tertiary/aromatic N) is 1. The van der Waals surface area contributed by atoms with E-state index in [9.17, 15) is 0 Å². The summed E-state index contributed by atoms with van der Waals surface area (Å²) < 4.78 is 6.60. The van der Waals surface area contributed by atoms with Crippen LogP contribution in [0.3, 0.4) is 0 Å². The molecular weight excluding hydrogens is 787 g/mol. The van der Waals surface area contributed by atoms with Crippen molar-refractivity contribution in [3.8, 4) is 33.4 Å². The molecular formula is C63H57NO. The van der Waals surface area contributed by atoms with Gasteiger partial charge in [0.2, 0.25) is 0 Å². The van der Waals surface area contributed by atoms with Crippen LogP contribution in [-0.4, -0.2) is 0 Å². The lowest BCUT2D eigenvalue weighted by Crippen LogP contribution is -2.18. The van der Waals surface area contributed by atoms with Crippen LogP contribution in [-0.2, 0) is 11.8 Å². The van der Waals surface area contributed by atoms with Gasteiger partial charge in [-0.1, -0.05) is 180 Å². The number of hydrogen-bond acceptors (Lipinski definition) is 2. The molecule has 12 rings (SSSR count). The Morgan fingerprint density at radius 3 is 2.08 bits per heavy atom. The molecule has 2 nitrogen and oxygen atoms in total. The fourth-order valence-electron chi connectivity index (χ4n) is 12.3.